The smallest absolute Gasteiger partial charge is 0.255 e. The molecule has 0 unspecified atom stereocenters. The Hall–Kier alpha value is -1.95. The zero-order chi connectivity index (χ0) is 14.8. The largest absolute Gasteiger partial charge is 0.362 e. The summed E-state index contributed by atoms with van der Waals surface area (Å²) in [4.78, 5) is 31.6. The molecule has 0 spiro atoms. The molecule has 0 saturated carbocycles. The standard InChI is InChI=1S/C14H19N3O3/c1-14(13(19)16(2)3)10-17(7-8-20-14)12(18)11-5-4-6-15-9-11/h4-6,9H,7-8,10H2,1-3H3/t14-/m0/s1. The van der Waals surface area contributed by atoms with E-state index in [0.29, 0.717) is 18.7 Å². The molecule has 1 atom stereocenters. The third-order valence-corrected chi connectivity index (χ3v) is 3.33. The lowest BCUT2D eigenvalue weighted by Gasteiger charge is -2.40. The second kappa shape index (κ2) is 5.58. The van der Waals surface area contributed by atoms with E-state index < -0.39 is 5.60 Å². The van der Waals surface area contributed by atoms with E-state index in [4.69, 9.17) is 4.74 Å². The van der Waals surface area contributed by atoms with Crippen molar-refractivity contribution in [2.75, 3.05) is 33.8 Å². The Balaban J connectivity index is 2.15. The van der Waals surface area contributed by atoms with Gasteiger partial charge < -0.3 is 14.5 Å². The molecule has 2 heterocycles. The second-order valence-corrected chi connectivity index (χ2v) is 5.25. The van der Waals surface area contributed by atoms with E-state index >= 15 is 0 Å². The molecule has 1 aliphatic heterocycles. The molecule has 1 saturated heterocycles. The minimum Gasteiger partial charge on any atom is -0.362 e. The molecule has 0 radical (unpaired) electrons. The third-order valence-electron chi connectivity index (χ3n) is 3.33. The lowest BCUT2D eigenvalue weighted by Crippen LogP contribution is -2.59. The van der Waals surface area contributed by atoms with Crippen LogP contribution in [-0.4, -0.2) is 66.0 Å². The van der Waals surface area contributed by atoms with Crippen LogP contribution in [0.25, 0.3) is 0 Å². The summed E-state index contributed by atoms with van der Waals surface area (Å²) in [5, 5.41) is 0. The average molecular weight is 277 g/mol. The van der Waals surface area contributed by atoms with Crippen LogP contribution < -0.4 is 0 Å². The Morgan fingerprint density at radius 3 is 2.80 bits per heavy atom. The van der Waals surface area contributed by atoms with Gasteiger partial charge in [-0.2, -0.15) is 0 Å². The molecule has 6 heteroatoms. The Labute approximate surface area is 118 Å². The minimum atomic E-state index is -0.986. The Morgan fingerprint density at radius 1 is 1.45 bits per heavy atom. The molecular formula is C14H19N3O3. The highest BCUT2D eigenvalue weighted by atomic mass is 16.5. The van der Waals surface area contributed by atoms with Crippen molar-refractivity contribution in [3.05, 3.63) is 30.1 Å². The van der Waals surface area contributed by atoms with Gasteiger partial charge in [-0.25, -0.2) is 0 Å². The molecule has 2 amide bonds. The zero-order valence-electron chi connectivity index (χ0n) is 12.0. The van der Waals surface area contributed by atoms with Crippen LogP contribution >= 0.6 is 0 Å². The maximum Gasteiger partial charge on any atom is 0.255 e. The summed E-state index contributed by atoms with van der Waals surface area (Å²) < 4.78 is 5.60. The van der Waals surface area contributed by atoms with Gasteiger partial charge in [-0.1, -0.05) is 0 Å². The fourth-order valence-corrected chi connectivity index (χ4v) is 2.32. The molecule has 0 aliphatic carbocycles. The molecule has 0 bridgehead atoms. The summed E-state index contributed by atoms with van der Waals surface area (Å²) in [5.74, 6) is -0.264. The van der Waals surface area contributed by atoms with Gasteiger partial charge in [0.05, 0.1) is 18.7 Å². The molecular weight excluding hydrogens is 258 g/mol. The topological polar surface area (TPSA) is 62.7 Å². The van der Waals surface area contributed by atoms with E-state index in [9.17, 15) is 9.59 Å². The summed E-state index contributed by atoms with van der Waals surface area (Å²) in [7, 11) is 3.36. The summed E-state index contributed by atoms with van der Waals surface area (Å²) in [6.45, 7) is 2.79. The van der Waals surface area contributed by atoms with Gasteiger partial charge in [0.25, 0.3) is 11.8 Å². The molecule has 2 rings (SSSR count). The lowest BCUT2D eigenvalue weighted by molar-refractivity contribution is -0.162. The molecule has 1 aliphatic rings. The van der Waals surface area contributed by atoms with E-state index in [1.165, 1.54) is 11.1 Å². The van der Waals surface area contributed by atoms with Gasteiger partial charge >= 0.3 is 0 Å². The predicted octanol–water partition coefficient (Wildman–Crippen LogP) is 0.401. The van der Waals surface area contributed by atoms with Gasteiger partial charge in [0.15, 0.2) is 5.60 Å². The number of nitrogens with zero attached hydrogens (tertiary/aromatic N) is 3. The Kier molecular flexibility index (Phi) is 4.04. The lowest BCUT2D eigenvalue weighted by atomic mass is 10.0. The maximum atomic E-state index is 12.4. The SMILES string of the molecule is CN(C)C(=O)[C@]1(C)CN(C(=O)c2cccnc2)CCO1. The van der Waals surface area contributed by atoms with Crippen molar-refractivity contribution in [3.8, 4) is 0 Å². The molecule has 1 aromatic rings. The number of aromatic nitrogens is 1. The summed E-state index contributed by atoms with van der Waals surface area (Å²) in [5.41, 5.74) is -0.464. The van der Waals surface area contributed by atoms with E-state index in [1.54, 1.807) is 44.2 Å². The zero-order valence-corrected chi connectivity index (χ0v) is 12.0. The molecule has 108 valence electrons. The number of likely N-dealkylation sites (N-methyl/N-ethyl adjacent to an activating group) is 1. The van der Waals surface area contributed by atoms with E-state index in [-0.39, 0.29) is 18.4 Å². The monoisotopic (exact) mass is 277 g/mol. The average Bonchev–Trinajstić information content (AvgIpc) is 2.46. The molecule has 0 N–H and O–H groups in total. The number of pyridine rings is 1. The van der Waals surface area contributed by atoms with Gasteiger partial charge in [0.1, 0.15) is 0 Å². The van der Waals surface area contributed by atoms with Crippen LogP contribution in [0.5, 0.6) is 0 Å². The highest BCUT2D eigenvalue weighted by molar-refractivity contribution is 5.95. The van der Waals surface area contributed by atoms with Crippen molar-refractivity contribution in [3.63, 3.8) is 0 Å². The van der Waals surface area contributed by atoms with Crippen molar-refractivity contribution < 1.29 is 14.3 Å². The molecule has 20 heavy (non-hydrogen) atoms. The van der Waals surface area contributed by atoms with E-state index in [0.717, 1.165) is 0 Å². The fourth-order valence-electron chi connectivity index (χ4n) is 2.32. The highest BCUT2D eigenvalue weighted by Gasteiger charge is 2.41. The van der Waals surface area contributed by atoms with Gasteiger partial charge in [-0.05, 0) is 19.1 Å². The number of amides is 2. The number of carbonyl (C=O) groups excluding carboxylic acids is 2. The second-order valence-electron chi connectivity index (χ2n) is 5.25. The summed E-state index contributed by atoms with van der Waals surface area (Å²) in [6.07, 6.45) is 3.15. The minimum absolute atomic E-state index is 0.126. The number of morpholine rings is 1. The third kappa shape index (κ3) is 2.80. The van der Waals surface area contributed by atoms with Crippen molar-refractivity contribution in [2.24, 2.45) is 0 Å². The first-order chi connectivity index (χ1) is 9.44. The van der Waals surface area contributed by atoms with E-state index in [1.807, 2.05) is 0 Å². The fraction of sp³-hybridized carbons (Fsp3) is 0.500. The van der Waals surface area contributed by atoms with Crippen LogP contribution in [-0.2, 0) is 9.53 Å². The first-order valence-electron chi connectivity index (χ1n) is 6.49. The van der Waals surface area contributed by atoms with E-state index in [2.05, 4.69) is 4.98 Å². The summed E-state index contributed by atoms with van der Waals surface area (Å²) >= 11 is 0. The number of hydrogen-bond donors (Lipinski definition) is 0. The number of ether oxygens (including phenoxy) is 1. The van der Waals surface area contributed by atoms with Crippen molar-refractivity contribution in [2.45, 2.75) is 12.5 Å². The highest BCUT2D eigenvalue weighted by Crippen LogP contribution is 2.21. The molecule has 0 aromatic carbocycles. The molecule has 6 nitrogen and oxygen atoms in total. The quantitative estimate of drug-likeness (QED) is 0.785. The van der Waals surface area contributed by atoms with Crippen LogP contribution in [0, 0.1) is 0 Å². The number of carbonyl (C=O) groups is 2. The van der Waals surface area contributed by atoms with Gasteiger partial charge in [0, 0.05) is 33.0 Å². The summed E-state index contributed by atoms with van der Waals surface area (Å²) in [6, 6.07) is 3.44. The van der Waals surface area contributed by atoms with Crippen LogP contribution in [0.3, 0.4) is 0 Å². The Bertz CT molecular complexity index is 504. The number of rotatable bonds is 2. The van der Waals surface area contributed by atoms with Crippen molar-refractivity contribution in [1.82, 2.24) is 14.8 Å². The predicted molar refractivity (Wildman–Crippen MR) is 73.2 cm³/mol. The first kappa shape index (κ1) is 14.5. The van der Waals surface area contributed by atoms with Crippen molar-refractivity contribution >= 4 is 11.8 Å². The van der Waals surface area contributed by atoms with Gasteiger partial charge in [-0.15, -0.1) is 0 Å². The first-order valence-corrected chi connectivity index (χ1v) is 6.49. The van der Waals surface area contributed by atoms with Gasteiger partial charge in [-0.3, -0.25) is 14.6 Å². The van der Waals surface area contributed by atoms with Crippen LogP contribution in [0.2, 0.25) is 0 Å². The Morgan fingerprint density at radius 2 is 2.20 bits per heavy atom. The van der Waals surface area contributed by atoms with Crippen LogP contribution in [0.15, 0.2) is 24.5 Å². The van der Waals surface area contributed by atoms with Crippen LogP contribution in [0.4, 0.5) is 0 Å². The molecule has 1 aromatic heterocycles. The normalized spacial score (nSPS) is 22.4. The number of hydrogen-bond acceptors (Lipinski definition) is 4. The van der Waals surface area contributed by atoms with Crippen LogP contribution in [0.1, 0.15) is 17.3 Å². The molecule has 1 fully saturated rings. The van der Waals surface area contributed by atoms with Gasteiger partial charge in [0.2, 0.25) is 0 Å². The van der Waals surface area contributed by atoms with Crippen molar-refractivity contribution in [1.29, 1.82) is 0 Å². The maximum absolute atomic E-state index is 12.4.